The Morgan fingerprint density at radius 2 is 1.95 bits per heavy atom. The van der Waals surface area contributed by atoms with Crippen molar-refractivity contribution < 1.29 is 4.74 Å². The van der Waals surface area contributed by atoms with Crippen LogP contribution in [0.4, 0.5) is 0 Å². The fraction of sp³-hybridized carbons (Fsp3) is 0.286. The molecule has 4 nitrogen and oxygen atoms in total. The minimum atomic E-state index is 0.413. The Balaban J connectivity index is 2.01. The summed E-state index contributed by atoms with van der Waals surface area (Å²) in [5.41, 5.74) is 2.04. The molecule has 0 saturated heterocycles. The van der Waals surface area contributed by atoms with Gasteiger partial charge in [0.15, 0.2) is 0 Å². The van der Waals surface area contributed by atoms with Crippen molar-refractivity contribution in [3.63, 3.8) is 0 Å². The fourth-order valence-electron chi connectivity index (χ4n) is 1.88. The van der Waals surface area contributed by atoms with Crippen LogP contribution in [0.5, 0.6) is 5.75 Å². The predicted octanol–water partition coefficient (Wildman–Crippen LogP) is 2.77. The van der Waals surface area contributed by atoms with Crippen LogP contribution in [0.2, 0.25) is 5.15 Å². The van der Waals surface area contributed by atoms with Crippen LogP contribution >= 0.6 is 11.6 Å². The summed E-state index contributed by atoms with van der Waals surface area (Å²) in [7, 11) is 3.71. The molecule has 0 bridgehead atoms. The highest BCUT2D eigenvalue weighted by Gasteiger charge is 2.07. The van der Waals surface area contributed by atoms with Crippen molar-refractivity contribution in [2.24, 2.45) is 0 Å². The maximum atomic E-state index is 5.71. The summed E-state index contributed by atoms with van der Waals surface area (Å²) in [6, 6.07) is 7.99. The monoisotopic (exact) mass is 277 g/mol. The molecule has 0 atom stereocenters. The number of halogens is 1. The second-order valence-electron chi connectivity index (χ2n) is 4.31. The second kappa shape index (κ2) is 6.50. The summed E-state index contributed by atoms with van der Waals surface area (Å²) in [6.45, 7) is 1.50. The topological polar surface area (TPSA) is 38.2 Å². The zero-order chi connectivity index (χ0) is 13.7. The van der Waals surface area contributed by atoms with Crippen LogP contribution in [0, 0.1) is 0 Å². The molecular weight excluding hydrogens is 262 g/mol. The molecule has 100 valence electrons. The van der Waals surface area contributed by atoms with Gasteiger partial charge in [-0.1, -0.05) is 29.8 Å². The van der Waals surface area contributed by atoms with Crippen molar-refractivity contribution in [2.45, 2.75) is 13.1 Å². The SMILES string of the molecule is COc1ccccc1CN(C)Cc1cnc(Cl)cn1. The highest BCUT2D eigenvalue weighted by molar-refractivity contribution is 6.29. The molecule has 0 unspecified atom stereocenters. The summed E-state index contributed by atoms with van der Waals surface area (Å²) in [4.78, 5) is 10.4. The Morgan fingerprint density at radius 1 is 1.16 bits per heavy atom. The predicted molar refractivity (Wildman–Crippen MR) is 75.2 cm³/mol. The number of hydrogen-bond donors (Lipinski definition) is 0. The summed E-state index contributed by atoms with van der Waals surface area (Å²) in [5, 5.41) is 0.413. The van der Waals surface area contributed by atoms with Gasteiger partial charge in [0.1, 0.15) is 10.9 Å². The van der Waals surface area contributed by atoms with Crippen LogP contribution in [-0.4, -0.2) is 29.0 Å². The molecule has 0 spiro atoms. The summed E-state index contributed by atoms with van der Waals surface area (Å²) in [6.07, 6.45) is 3.26. The molecule has 0 radical (unpaired) electrons. The van der Waals surface area contributed by atoms with Crippen molar-refractivity contribution in [3.8, 4) is 5.75 Å². The number of ether oxygens (including phenoxy) is 1. The molecule has 2 aromatic rings. The number of aromatic nitrogens is 2. The summed E-state index contributed by atoms with van der Waals surface area (Å²) < 4.78 is 5.34. The first kappa shape index (κ1) is 13.8. The van der Waals surface area contributed by atoms with Crippen molar-refractivity contribution in [1.29, 1.82) is 0 Å². The van der Waals surface area contributed by atoms with E-state index < -0.39 is 0 Å². The lowest BCUT2D eigenvalue weighted by molar-refractivity contribution is 0.306. The van der Waals surface area contributed by atoms with Gasteiger partial charge in [0.25, 0.3) is 0 Å². The zero-order valence-corrected chi connectivity index (χ0v) is 11.8. The smallest absolute Gasteiger partial charge is 0.147 e. The number of rotatable bonds is 5. The molecule has 0 fully saturated rings. The van der Waals surface area contributed by atoms with Gasteiger partial charge in [-0.15, -0.1) is 0 Å². The Kier molecular flexibility index (Phi) is 4.71. The molecule has 0 saturated carbocycles. The number of para-hydroxylation sites is 1. The van der Waals surface area contributed by atoms with Gasteiger partial charge >= 0.3 is 0 Å². The Labute approximate surface area is 118 Å². The van der Waals surface area contributed by atoms with E-state index in [0.29, 0.717) is 11.7 Å². The maximum absolute atomic E-state index is 5.71. The molecule has 0 amide bonds. The molecule has 0 aliphatic rings. The van der Waals surface area contributed by atoms with E-state index in [2.05, 4.69) is 20.9 Å². The van der Waals surface area contributed by atoms with Crippen LogP contribution < -0.4 is 4.74 Å². The standard InChI is InChI=1S/C14H16ClN3O/c1-18(10-12-7-17-14(15)8-16-12)9-11-5-3-4-6-13(11)19-2/h3-8H,9-10H2,1-2H3. The van der Waals surface area contributed by atoms with E-state index in [-0.39, 0.29) is 0 Å². The van der Waals surface area contributed by atoms with Crippen LogP contribution in [0.25, 0.3) is 0 Å². The lowest BCUT2D eigenvalue weighted by Gasteiger charge is -2.17. The molecule has 2 rings (SSSR count). The van der Waals surface area contributed by atoms with Gasteiger partial charge in [0, 0.05) is 18.7 Å². The van der Waals surface area contributed by atoms with Crippen LogP contribution in [0.1, 0.15) is 11.3 Å². The lowest BCUT2D eigenvalue weighted by Crippen LogP contribution is -2.18. The first-order valence-electron chi connectivity index (χ1n) is 5.96. The molecule has 1 aromatic carbocycles. The molecule has 19 heavy (non-hydrogen) atoms. The first-order valence-corrected chi connectivity index (χ1v) is 6.33. The molecule has 5 heteroatoms. The molecule has 0 aliphatic carbocycles. The molecule has 1 aromatic heterocycles. The summed E-state index contributed by atoms with van der Waals surface area (Å²) in [5.74, 6) is 0.900. The van der Waals surface area contributed by atoms with E-state index in [4.69, 9.17) is 16.3 Å². The van der Waals surface area contributed by atoms with E-state index >= 15 is 0 Å². The van der Waals surface area contributed by atoms with E-state index in [0.717, 1.165) is 23.6 Å². The maximum Gasteiger partial charge on any atom is 0.147 e. The Morgan fingerprint density at radius 3 is 2.63 bits per heavy atom. The number of methoxy groups -OCH3 is 1. The van der Waals surface area contributed by atoms with Gasteiger partial charge in [0.2, 0.25) is 0 Å². The molecule has 1 heterocycles. The first-order chi connectivity index (χ1) is 9.19. The number of nitrogens with zero attached hydrogens (tertiary/aromatic N) is 3. The van der Waals surface area contributed by atoms with Crippen molar-refractivity contribution >= 4 is 11.6 Å². The van der Waals surface area contributed by atoms with Gasteiger partial charge in [-0.05, 0) is 13.1 Å². The van der Waals surface area contributed by atoms with Gasteiger partial charge in [-0.25, -0.2) is 4.98 Å². The van der Waals surface area contributed by atoms with Crippen molar-refractivity contribution in [3.05, 3.63) is 53.1 Å². The normalized spacial score (nSPS) is 10.7. The third-order valence-corrected chi connectivity index (χ3v) is 2.93. The van der Waals surface area contributed by atoms with Gasteiger partial charge in [-0.2, -0.15) is 0 Å². The highest BCUT2D eigenvalue weighted by atomic mass is 35.5. The van der Waals surface area contributed by atoms with Crippen LogP contribution in [0.3, 0.4) is 0 Å². The minimum Gasteiger partial charge on any atom is -0.496 e. The fourth-order valence-corrected chi connectivity index (χ4v) is 1.98. The van der Waals surface area contributed by atoms with Gasteiger partial charge in [-0.3, -0.25) is 9.88 Å². The summed E-state index contributed by atoms with van der Waals surface area (Å²) >= 11 is 5.71. The van der Waals surface area contributed by atoms with Crippen molar-refractivity contribution in [1.82, 2.24) is 14.9 Å². The number of hydrogen-bond acceptors (Lipinski definition) is 4. The Hall–Kier alpha value is -1.65. The average Bonchev–Trinajstić information content (AvgIpc) is 2.42. The van der Waals surface area contributed by atoms with Gasteiger partial charge < -0.3 is 4.74 Å². The van der Waals surface area contributed by atoms with E-state index in [1.54, 1.807) is 19.5 Å². The number of benzene rings is 1. The lowest BCUT2D eigenvalue weighted by atomic mass is 10.2. The largest absolute Gasteiger partial charge is 0.496 e. The minimum absolute atomic E-state index is 0.413. The van der Waals surface area contributed by atoms with Crippen LogP contribution in [0.15, 0.2) is 36.7 Å². The highest BCUT2D eigenvalue weighted by Crippen LogP contribution is 2.19. The van der Waals surface area contributed by atoms with Gasteiger partial charge in [0.05, 0.1) is 25.2 Å². The molecule has 0 aliphatic heterocycles. The van der Waals surface area contributed by atoms with Crippen molar-refractivity contribution in [2.75, 3.05) is 14.2 Å². The average molecular weight is 278 g/mol. The molecule has 0 N–H and O–H groups in total. The van der Waals surface area contributed by atoms with E-state index in [1.807, 2.05) is 25.2 Å². The third kappa shape index (κ3) is 3.91. The van der Waals surface area contributed by atoms with E-state index in [9.17, 15) is 0 Å². The second-order valence-corrected chi connectivity index (χ2v) is 4.70. The van der Waals surface area contributed by atoms with E-state index in [1.165, 1.54) is 0 Å². The third-order valence-electron chi connectivity index (χ3n) is 2.74. The molecular formula is C14H16ClN3O. The quantitative estimate of drug-likeness (QED) is 0.842. The van der Waals surface area contributed by atoms with Crippen LogP contribution in [-0.2, 0) is 13.1 Å². The zero-order valence-electron chi connectivity index (χ0n) is 11.0. The Bertz CT molecular complexity index is 530.